The van der Waals surface area contributed by atoms with Crippen LogP contribution < -0.4 is 0 Å². The number of benzene rings is 2. The Morgan fingerprint density at radius 3 is 2.39 bits per heavy atom. The van der Waals surface area contributed by atoms with Gasteiger partial charge in [0.2, 0.25) is 0 Å². The van der Waals surface area contributed by atoms with Gasteiger partial charge in [0.25, 0.3) is 0 Å². The Hall–Kier alpha value is -2.16. The van der Waals surface area contributed by atoms with Gasteiger partial charge in [-0.05, 0) is 24.1 Å². The van der Waals surface area contributed by atoms with Crippen LogP contribution in [0.1, 0.15) is 18.4 Å². The van der Waals surface area contributed by atoms with Crippen molar-refractivity contribution in [2.45, 2.75) is 12.8 Å². The molecule has 0 spiro atoms. The van der Waals surface area contributed by atoms with E-state index in [4.69, 9.17) is 5.11 Å². The van der Waals surface area contributed by atoms with E-state index in [2.05, 4.69) is 0 Å². The second-order valence-electron chi connectivity index (χ2n) is 4.17. The lowest BCUT2D eigenvalue weighted by molar-refractivity contribution is -0.138. The fourth-order valence-electron chi connectivity index (χ4n) is 1.80. The average Bonchev–Trinajstić information content (AvgIpc) is 2.38. The van der Waals surface area contributed by atoms with Crippen LogP contribution in [0.3, 0.4) is 0 Å². The van der Waals surface area contributed by atoms with Gasteiger partial charge in [-0.15, -0.1) is 0 Å². The fraction of sp³-hybridized carbons (Fsp3) is 0.133. The van der Waals surface area contributed by atoms with Gasteiger partial charge in [-0.2, -0.15) is 0 Å². The first kappa shape index (κ1) is 12.3. The highest BCUT2D eigenvalue weighted by Crippen LogP contribution is 2.26. The normalized spacial score (nSPS) is 12.1. The van der Waals surface area contributed by atoms with Crippen LogP contribution in [-0.2, 0) is 4.79 Å². The largest absolute Gasteiger partial charge is 0.481 e. The Bertz CT molecular complexity index is 564. The summed E-state index contributed by atoms with van der Waals surface area (Å²) in [5.74, 6) is -2.06. The van der Waals surface area contributed by atoms with Gasteiger partial charge in [0.15, 0.2) is 0 Å². The summed E-state index contributed by atoms with van der Waals surface area (Å²) in [5, 5.41) is 8.89. The Kier molecular flexibility index (Phi) is 3.42. The minimum absolute atomic E-state index is 0.396. The number of hydrogen-bond acceptors (Lipinski definition) is 1. The predicted octanol–water partition coefficient (Wildman–Crippen LogP) is 3.68. The van der Waals surface area contributed by atoms with Crippen LogP contribution >= 0.6 is 0 Å². The molecule has 0 fully saturated rings. The molecule has 2 rings (SSSR count). The zero-order valence-electron chi connectivity index (χ0n) is 9.93. The van der Waals surface area contributed by atoms with Crippen LogP contribution in [0.15, 0.2) is 48.5 Å². The van der Waals surface area contributed by atoms with Crippen molar-refractivity contribution in [2.24, 2.45) is 0 Å². The van der Waals surface area contributed by atoms with Gasteiger partial charge < -0.3 is 5.11 Å². The van der Waals surface area contributed by atoms with E-state index >= 15 is 0 Å². The first-order valence-corrected chi connectivity index (χ1v) is 5.67. The molecule has 0 aliphatic rings. The number of carboxylic acids is 1. The van der Waals surface area contributed by atoms with Crippen molar-refractivity contribution < 1.29 is 14.3 Å². The highest BCUT2D eigenvalue weighted by molar-refractivity contribution is 5.76. The van der Waals surface area contributed by atoms with Gasteiger partial charge >= 0.3 is 5.97 Å². The molecule has 0 unspecified atom stereocenters. The molecule has 1 atom stereocenters. The standard InChI is InChI=1S/C15H13FO2/c1-10(15(17)18)12-7-8-13(14(16)9-12)11-5-3-2-4-6-11/h2-10H,1H3,(H,17,18)/t10-/m0/s1/i1-1. The average molecular weight is 243 g/mol. The maximum Gasteiger partial charge on any atom is 0.310 e. The molecule has 0 saturated heterocycles. The minimum atomic E-state index is -0.957. The monoisotopic (exact) mass is 243 g/mol. The quantitative estimate of drug-likeness (QED) is 0.892. The maximum atomic E-state index is 14.0. The van der Waals surface area contributed by atoms with Gasteiger partial charge in [0, 0.05) is 5.56 Å². The third-order valence-electron chi connectivity index (χ3n) is 2.95. The summed E-state index contributed by atoms with van der Waals surface area (Å²) in [6.07, 6.45) is 0. The Labute approximate surface area is 105 Å². The Morgan fingerprint density at radius 2 is 1.83 bits per heavy atom. The molecule has 0 radical (unpaired) electrons. The number of rotatable bonds is 3. The molecule has 0 amide bonds. The van der Waals surface area contributed by atoms with Crippen molar-refractivity contribution in [3.63, 3.8) is 0 Å². The van der Waals surface area contributed by atoms with Crippen molar-refractivity contribution in [2.75, 3.05) is 0 Å². The number of hydrogen-bond donors (Lipinski definition) is 1. The molecule has 2 nitrogen and oxygen atoms in total. The van der Waals surface area contributed by atoms with E-state index in [1.54, 1.807) is 19.1 Å². The smallest absolute Gasteiger partial charge is 0.310 e. The van der Waals surface area contributed by atoms with Crippen molar-refractivity contribution in [3.8, 4) is 11.1 Å². The summed E-state index contributed by atoms with van der Waals surface area (Å²) in [6, 6.07) is 13.7. The Balaban J connectivity index is 2.40. The van der Waals surface area contributed by atoms with Crippen LogP contribution in [-0.4, -0.2) is 11.1 Å². The first-order chi connectivity index (χ1) is 8.59. The second-order valence-corrected chi connectivity index (χ2v) is 4.17. The molecule has 0 aliphatic carbocycles. The highest BCUT2D eigenvalue weighted by Gasteiger charge is 2.15. The third-order valence-corrected chi connectivity index (χ3v) is 2.95. The summed E-state index contributed by atoms with van der Waals surface area (Å²) < 4.78 is 14.0. The highest BCUT2D eigenvalue weighted by atomic mass is 19.1. The van der Waals surface area contributed by atoms with Gasteiger partial charge in [-0.1, -0.05) is 42.5 Å². The molecule has 0 bridgehead atoms. The lowest BCUT2D eigenvalue weighted by Gasteiger charge is -2.09. The fourth-order valence-corrected chi connectivity index (χ4v) is 1.80. The van der Waals surface area contributed by atoms with Crippen LogP contribution in [0.25, 0.3) is 11.1 Å². The van der Waals surface area contributed by atoms with Crippen LogP contribution in [0.4, 0.5) is 4.39 Å². The molecular formula is C15H13FO2. The number of aliphatic carboxylic acids is 1. The molecular weight excluding hydrogens is 230 g/mol. The molecule has 0 saturated carbocycles. The lowest BCUT2D eigenvalue weighted by atomic mass is 9.86. The SMILES string of the molecule is [11CH3][C@H](C(=O)O)c1ccc(-c2ccccc2)c(F)c1. The van der Waals surface area contributed by atoms with E-state index in [0.29, 0.717) is 11.1 Å². The molecule has 2 aromatic carbocycles. The second kappa shape index (κ2) is 5.00. The van der Waals surface area contributed by atoms with E-state index in [-0.39, 0.29) is 0 Å². The molecule has 0 aliphatic heterocycles. The van der Waals surface area contributed by atoms with Crippen LogP contribution in [0.5, 0.6) is 0 Å². The zero-order valence-corrected chi connectivity index (χ0v) is 9.93. The molecule has 1 N–H and O–H groups in total. The summed E-state index contributed by atoms with van der Waals surface area (Å²) in [6.45, 7) is 1.54. The van der Waals surface area contributed by atoms with E-state index < -0.39 is 17.7 Å². The Morgan fingerprint density at radius 1 is 1.17 bits per heavy atom. The molecule has 18 heavy (non-hydrogen) atoms. The molecule has 2 aromatic rings. The van der Waals surface area contributed by atoms with Gasteiger partial charge in [-0.3, -0.25) is 4.79 Å². The number of carbonyl (C=O) groups is 1. The van der Waals surface area contributed by atoms with Gasteiger partial charge in [0.1, 0.15) is 5.82 Å². The predicted molar refractivity (Wildman–Crippen MR) is 67.9 cm³/mol. The van der Waals surface area contributed by atoms with Crippen molar-refractivity contribution in [1.29, 1.82) is 0 Å². The topological polar surface area (TPSA) is 37.3 Å². The molecule has 0 aromatic heterocycles. The number of halogens is 1. The van der Waals surface area contributed by atoms with E-state index in [9.17, 15) is 9.18 Å². The first-order valence-electron chi connectivity index (χ1n) is 5.67. The lowest BCUT2D eigenvalue weighted by Crippen LogP contribution is -2.07. The van der Waals surface area contributed by atoms with Gasteiger partial charge in [-0.25, -0.2) is 4.39 Å². The van der Waals surface area contributed by atoms with Crippen molar-refractivity contribution in [1.82, 2.24) is 0 Å². The van der Waals surface area contributed by atoms with Crippen LogP contribution in [0.2, 0.25) is 0 Å². The summed E-state index contributed by atoms with van der Waals surface area (Å²) >= 11 is 0. The summed E-state index contributed by atoms with van der Waals surface area (Å²) in [4.78, 5) is 10.8. The summed E-state index contributed by atoms with van der Waals surface area (Å²) in [5.41, 5.74) is 1.74. The van der Waals surface area contributed by atoms with Crippen LogP contribution in [0, 0.1) is 5.82 Å². The van der Waals surface area contributed by atoms with Crippen molar-refractivity contribution in [3.05, 3.63) is 59.9 Å². The minimum Gasteiger partial charge on any atom is -0.481 e. The van der Waals surface area contributed by atoms with E-state index in [1.807, 2.05) is 30.3 Å². The maximum absolute atomic E-state index is 14.0. The van der Waals surface area contributed by atoms with Crippen molar-refractivity contribution >= 4 is 5.97 Å². The van der Waals surface area contributed by atoms with Gasteiger partial charge in [0.05, 0.1) is 5.92 Å². The third kappa shape index (κ3) is 2.40. The van der Waals surface area contributed by atoms with E-state index in [0.717, 1.165) is 5.56 Å². The summed E-state index contributed by atoms with van der Waals surface area (Å²) in [7, 11) is 0. The molecule has 92 valence electrons. The number of carboxylic acid groups (broad SMARTS) is 1. The van der Waals surface area contributed by atoms with E-state index in [1.165, 1.54) is 6.07 Å². The molecule has 3 heteroatoms. The zero-order chi connectivity index (χ0) is 13.1. The molecule has 0 heterocycles.